The van der Waals surface area contributed by atoms with Crippen LogP contribution in [0.15, 0.2) is 36.8 Å². The standard InChI is InChI=1S/C11H8F2N2O/c12-9-4-8(5-14-6-9)7-16-10-2-1-3-15-11(10)13/h1-6H,7H2. The number of hydrogen-bond acceptors (Lipinski definition) is 3. The van der Waals surface area contributed by atoms with Crippen LogP contribution in [0.5, 0.6) is 5.75 Å². The summed E-state index contributed by atoms with van der Waals surface area (Å²) in [7, 11) is 0. The van der Waals surface area contributed by atoms with Gasteiger partial charge in [-0.25, -0.2) is 9.37 Å². The van der Waals surface area contributed by atoms with Gasteiger partial charge in [-0.15, -0.1) is 0 Å². The van der Waals surface area contributed by atoms with E-state index in [0.717, 1.165) is 6.20 Å². The monoisotopic (exact) mass is 222 g/mol. The maximum Gasteiger partial charge on any atom is 0.255 e. The highest BCUT2D eigenvalue weighted by Gasteiger charge is 2.03. The smallest absolute Gasteiger partial charge is 0.255 e. The largest absolute Gasteiger partial charge is 0.484 e. The van der Waals surface area contributed by atoms with Crippen LogP contribution in [0.2, 0.25) is 0 Å². The molecule has 0 spiro atoms. The maximum absolute atomic E-state index is 13.0. The molecule has 2 aromatic heterocycles. The SMILES string of the molecule is Fc1cncc(COc2cccnc2F)c1. The van der Waals surface area contributed by atoms with Crippen molar-refractivity contribution >= 4 is 0 Å². The number of nitrogens with zero attached hydrogens (tertiary/aromatic N) is 2. The predicted molar refractivity (Wildman–Crippen MR) is 52.7 cm³/mol. The minimum Gasteiger partial charge on any atom is -0.484 e. The van der Waals surface area contributed by atoms with Crippen molar-refractivity contribution in [3.05, 3.63) is 54.1 Å². The molecule has 2 rings (SSSR count). The van der Waals surface area contributed by atoms with E-state index in [1.165, 1.54) is 24.5 Å². The minimum absolute atomic E-state index is 0.0340. The minimum atomic E-state index is -0.688. The molecule has 0 aliphatic rings. The zero-order valence-electron chi connectivity index (χ0n) is 8.23. The van der Waals surface area contributed by atoms with Gasteiger partial charge in [0.25, 0.3) is 5.95 Å². The fourth-order valence-electron chi connectivity index (χ4n) is 1.17. The highest BCUT2D eigenvalue weighted by molar-refractivity contribution is 5.19. The lowest BCUT2D eigenvalue weighted by Crippen LogP contribution is -1.99. The quantitative estimate of drug-likeness (QED) is 0.747. The lowest BCUT2D eigenvalue weighted by Gasteiger charge is -2.05. The topological polar surface area (TPSA) is 35.0 Å². The summed E-state index contributed by atoms with van der Waals surface area (Å²) >= 11 is 0. The van der Waals surface area contributed by atoms with Crippen LogP contribution in [0.4, 0.5) is 8.78 Å². The summed E-state index contributed by atoms with van der Waals surface area (Å²) in [5.74, 6) is -1.11. The fourth-order valence-corrected chi connectivity index (χ4v) is 1.17. The summed E-state index contributed by atoms with van der Waals surface area (Å²) in [6.45, 7) is 0.0490. The van der Waals surface area contributed by atoms with Gasteiger partial charge >= 0.3 is 0 Å². The van der Waals surface area contributed by atoms with Gasteiger partial charge in [0.2, 0.25) is 0 Å². The van der Waals surface area contributed by atoms with Crippen molar-refractivity contribution in [1.82, 2.24) is 9.97 Å². The van der Waals surface area contributed by atoms with Crippen LogP contribution in [0.1, 0.15) is 5.56 Å². The Bertz CT molecular complexity index is 491. The maximum atomic E-state index is 13.0. The van der Waals surface area contributed by atoms with Crippen molar-refractivity contribution in [2.75, 3.05) is 0 Å². The number of aromatic nitrogens is 2. The highest BCUT2D eigenvalue weighted by Crippen LogP contribution is 2.14. The van der Waals surface area contributed by atoms with E-state index in [4.69, 9.17) is 4.74 Å². The normalized spacial score (nSPS) is 10.1. The molecule has 5 heteroatoms. The second-order valence-corrected chi connectivity index (χ2v) is 3.09. The van der Waals surface area contributed by atoms with Crippen LogP contribution in [-0.2, 0) is 6.61 Å². The summed E-state index contributed by atoms with van der Waals surface area (Å²) in [5.41, 5.74) is 0.531. The van der Waals surface area contributed by atoms with Crippen molar-refractivity contribution < 1.29 is 13.5 Å². The number of halogens is 2. The number of rotatable bonds is 3. The molecular weight excluding hydrogens is 214 g/mol. The second-order valence-electron chi connectivity index (χ2n) is 3.09. The summed E-state index contributed by atoms with van der Waals surface area (Å²) in [4.78, 5) is 7.08. The van der Waals surface area contributed by atoms with E-state index in [1.807, 2.05) is 0 Å². The highest BCUT2D eigenvalue weighted by atomic mass is 19.1. The first-order valence-electron chi connectivity index (χ1n) is 4.58. The first-order valence-corrected chi connectivity index (χ1v) is 4.58. The van der Waals surface area contributed by atoms with E-state index in [9.17, 15) is 8.78 Å². The van der Waals surface area contributed by atoms with Crippen molar-refractivity contribution in [1.29, 1.82) is 0 Å². The molecule has 0 aromatic carbocycles. The van der Waals surface area contributed by atoms with Crippen LogP contribution >= 0.6 is 0 Å². The Kier molecular flexibility index (Phi) is 3.05. The molecule has 82 valence electrons. The van der Waals surface area contributed by atoms with Crippen molar-refractivity contribution in [2.24, 2.45) is 0 Å². The Hall–Kier alpha value is -2.04. The average Bonchev–Trinajstić information content (AvgIpc) is 2.28. The number of hydrogen-bond donors (Lipinski definition) is 0. The molecule has 0 N–H and O–H groups in total. The van der Waals surface area contributed by atoms with Crippen LogP contribution in [0.25, 0.3) is 0 Å². The molecular formula is C11H8F2N2O. The third-order valence-corrected chi connectivity index (χ3v) is 1.88. The number of pyridine rings is 2. The Morgan fingerprint density at radius 1 is 1.25 bits per heavy atom. The first kappa shape index (κ1) is 10.5. The van der Waals surface area contributed by atoms with Gasteiger partial charge in [0, 0.05) is 18.0 Å². The van der Waals surface area contributed by atoms with Crippen LogP contribution in [0.3, 0.4) is 0 Å². The first-order chi connectivity index (χ1) is 7.75. The Balaban J connectivity index is 2.05. The van der Waals surface area contributed by atoms with Crippen molar-refractivity contribution in [3.8, 4) is 5.75 Å². The lowest BCUT2D eigenvalue weighted by atomic mass is 10.3. The van der Waals surface area contributed by atoms with Gasteiger partial charge in [-0.2, -0.15) is 4.39 Å². The van der Waals surface area contributed by atoms with Crippen LogP contribution < -0.4 is 4.74 Å². The molecule has 2 heterocycles. The van der Waals surface area contributed by atoms with Gasteiger partial charge < -0.3 is 4.74 Å². The molecule has 16 heavy (non-hydrogen) atoms. The lowest BCUT2D eigenvalue weighted by molar-refractivity contribution is 0.285. The van der Waals surface area contributed by atoms with Crippen molar-refractivity contribution in [2.45, 2.75) is 6.61 Å². The Labute approximate surface area is 90.7 Å². The molecule has 0 aliphatic carbocycles. The van der Waals surface area contributed by atoms with Gasteiger partial charge in [0.1, 0.15) is 12.4 Å². The third kappa shape index (κ3) is 2.50. The fraction of sp³-hybridized carbons (Fsp3) is 0.0909. The molecule has 0 radical (unpaired) electrons. The number of ether oxygens (including phenoxy) is 1. The summed E-state index contributed by atoms with van der Waals surface area (Å²) in [6.07, 6.45) is 3.87. The molecule has 0 aliphatic heterocycles. The van der Waals surface area contributed by atoms with Crippen LogP contribution in [-0.4, -0.2) is 9.97 Å². The van der Waals surface area contributed by atoms with Gasteiger partial charge in [-0.1, -0.05) is 0 Å². The molecule has 0 atom stereocenters. The summed E-state index contributed by atoms with van der Waals surface area (Å²) in [6, 6.07) is 4.29. The average molecular weight is 222 g/mol. The molecule has 0 saturated heterocycles. The van der Waals surface area contributed by atoms with Gasteiger partial charge in [-0.3, -0.25) is 4.98 Å². The van der Waals surface area contributed by atoms with Gasteiger partial charge in [-0.05, 0) is 18.2 Å². The van der Waals surface area contributed by atoms with Crippen LogP contribution in [0, 0.1) is 11.8 Å². The van der Waals surface area contributed by atoms with E-state index in [1.54, 1.807) is 6.07 Å². The van der Waals surface area contributed by atoms with E-state index >= 15 is 0 Å². The molecule has 0 amide bonds. The Morgan fingerprint density at radius 3 is 2.88 bits per heavy atom. The third-order valence-electron chi connectivity index (χ3n) is 1.88. The molecule has 0 unspecified atom stereocenters. The van der Waals surface area contributed by atoms with Gasteiger partial charge in [0.05, 0.1) is 6.20 Å². The van der Waals surface area contributed by atoms with E-state index < -0.39 is 11.8 Å². The molecule has 3 nitrogen and oxygen atoms in total. The zero-order valence-corrected chi connectivity index (χ0v) is 8.23. The van der Waals surface area contributed by atoms with Crippen molar-refractivity contribution in [3.63, 3.8) is 0 Å². The molecule has 0 fully saturated rings. The van der Waals surface area contributed by atoms with Gasteiger partial charge in [0.15, 0.2) is 5.75 Å². The molecule has 0 bridgehead atoms. The second kappa shape index (κ2) is 4.65. The van der Waals surface area contributed by atoms with E-state index in [2.05, 4.69) is 9.97 Å². The summed E-state index contributed by atoms with van der Waals surface area (Å²) < 4.78 is 30.9. The predicted octanol–water partition coefficient (Wildman–Crippen LogP) is 2.33. The zero-order chi connectivity index (χ0) is 11.4. The molecule has 2 aromatic rings. The Morgan fingerprint density at radius 2 is 2.12 bits per heavy atom. The van der Waals surface area contributed by atoms with E-state index in [0.29, 0.717) is 5.56 Å². The molecule has 0 saturated carbocycles. The summed E-state index contributed by atoms with van der Waals surface area (Å²) in [5, 5.41) is 0. The van der Waals surface area contributed by atoms with E-state index in [-0.39, 0.29) is 12.4 Å².